The summed E-state index contributed by atoms with van der Waals surface area (Å²) in [6.07, 6.45) is 1.68. The molecule has 1 N–H and O–H groups in total. The number of pyridine rings is 1. The number of nitrogens with one attached hydrogen (secondary N) is 1. The van der Waals surface area contributed by atoms with Crippen molar-refractivity contribution in [3.05, 3.63) is 117 Å². The molecule has 0 radical (unpaired) electrons. The zero-order valence-electron chi connectivity index (χ0n) is 26.0. The molecule has 1 aliphatic rings. The first-order valence-corrected chi connectivity index (χ1v) is 15.1. The molecule has 5 aromatic rings. The molecule has 0 saturated carbocycles. The maximum atomic E-state index is 13.6. The Balaban J connectivity index is 1.50. The summed E-state index contributed by atoms with van der Waals surface area (Å²) in [7, 11) is 7.22. The number of hydrogen-bond acceptors (Lipinski definition) is 9. The van der Waals surface area contributed by atoms with Gasteiger partial charge in [0.05, 0.1) is 50.1 Å². The zero-order chi connectivity index (χ0) is 33.2. The second-order valence-electron chi connectivity index (χ2n) is 10.8. The number of carbonyl (C=O) groups is 1. The molecule has 10 nitrogen and oxygen atoms in total. The third-order valence-electron chi connectivity index (χ3n) is 8.00. The first-order valence-electron chi connectivity index (χ1n) is 14.5. The topological polar surface area (TPSA) is 133 Å². The van der Waals surface area contributed by atoms with Crippen molar-refractivity contribution in [3.63, 3.8) is 0 Å². The summed E-state index contributed by atoms with van der Waals surface area (Å²) in [5.41, 5.74) is 4.33. The van der Waals surface area contributed by atoms with E-state index in [1.807, 2.05) is 19.1 Å². The monoisotopic (exact) mass is 647 g/mol. The number of rotatable bonds is 8. The van der Waals surface area contributed by atoms with Gasteiger partial charge < -0.3 is 23.4 Å². The van der Waals surface area contributed by atoms with E-state index in [0.717, 1.165) is 16.6 Å². The SMILES string of the molecule is COc1ccc(CC(=O)NC2=C(C#N)C(c3ccc(OC)c(-c4cnc(P)c(C)c4)c3)c3c(c4ccccc4oc3=O)O2)cc1OC. The molecular formula is C36H30N3O7P. The third kappa shape index (κ3) is 5.89. The van der Waals surface area contributed by atoms with Gasteiger partial charge in [-0.2, -0.15) is 5.26 Å². The normalized spacial score (nSPS) is 13.7. The fourth-order valence-electron chi connectivity index (χ4n) is 5.68. The molecule has 0 aliphatic carbocycles. The average Bonchev–Trinajstić information content (AvgIpc) is 3.08. The van der Waals surface area contributed by atoms with Crippen molar-refractivity contribution in [1.82, 2.24) is 10.3 Å². The van der Waals surface area contributed by atoms with Gasteiger partial charge in [0.25, 0.3) is 0 Å². The van der Waals surface area contributed by atoms with Gasteiger partial charge in [-0.25, -0.2) is 4.79 Å². The van der Waals surface area contributed by atoms with Crippen molar-refractivity contribution in [1.29, 1.82) is 5.26 Å². The van der Waals surface area contributed by atoms with Gasteiger partial charge in [0.2, 0.25) is 11.8 Å². The van der Waals surface area contributed by atoms with E-state index >= 15 is 0 Å². The number of para-hydroxylation sites is 1. The van der Waals surface area contributed by atoms with Gasteiger partial charge in [-0.15, -0.1) is 0 Å². The van der Waals surface area contributed by atoms with E-state index in [1.54, 1.807) is 67.9 Å². The number of benzene rings is 3. The number of fused-ring (bicyclic) bond motifs is 3. The van der Waals surface area contributed by atoms with Crippen molar-refractivity contribution in [2.24, 2.45) is 0 Å². The van der Waals surface area contributed by atoms with Gasteiger partial charge in [0.15, 0.2) is 17.2 Å². The molecule has 3 aromatic carbocycles. The summed E-state index contributed by atoms with van der Waals surface area (Å²) in [6.45, 7) is 1.95. The first kappa shape index (κ1) is 31.3. The predicted molar refractivity (Wildman–Crippen MR) is 179 cm³/mol. The number of aryl methyl sites for hydroxylation is 1. The van der Waals surface area contributed by atoms with E-state index in [4.69, 9.17) is 23.4 Å². The van der Waals surface area contributed by atoms with Gasteiger partial charge >= 0.3 is 5.63 Å². The summed E-state index contributed by atoms with van der Waals surface area (Å²) in [5, 5.41) is 13.9. The van der Waals surface area contributed by atoms with E-state index in [1.165, 1.54) is 14.2 Å². The van der Waals surface area contributed by atoms with Gasteiger partial charge in [0.1, 0.15) is 23.0 Å². The smallest absolute Gasteiger partial charge is 0.344 e. The van der Waals surface area contributed by atoms with Crippen LogP contribution in [0.4, 0.5) is 0 Å². The highest BCUT2D eigenvalue weighted by Crippen LogP contribution is 2.45. The molecule has 236 valence electrons. The van der Waals surface area contributed by atoms with Crippen LogP contribution in [0, 0.1) is 18.3 Å². The van der Waals surface area contributed by atoms with Crippen molar-refractivity contribution < 1.29 is 28.2 Å². The quantitative estimate of drug-likeness (QED) is 0.176. The van der Waals surface area contributed by atoms with Crippen LogP contribution in [0.15, 0.2) is 93.6 Å². The lowest BCUT2D eigenvalue weighted by molar-refractivity contribution is -0.120. The lowest BCUT2D eigenvalue weighted by atomic mass is 9.82. The largest absolute Gasteiger partial charge is 0.496 e. The Morgan fingerprint density at radius 3 is 2.47 bits per heavy atom. The Labute approximate surface area is 272 Å². The van der Waals surface area contributed by atoms with Crippen molar-refractivity contribution in [2.75, 3.05) is 21.3 Å². The van der Waals surface area contributed by atoms with Gasteiger partial charge in [-0.3, -0.25) is 15.1 Å². The lowest BCUT2D eigenvalue weighted by Gasteiger charge is -2.28. The molecule has 0 saturated heterocycles. The van der Waals surface area contributed by atoms with Crippen LogP contribution in [0.2, 0.25) is 0 Å². The van der Waals surface area contributed by atoms with Crippen LogP contribution in [0.25, 0.3) is 22.1 Å². The highest BCUT2D eigenvalue weighted by Gasteiger charge is 2.37. The van der Waals surface area contributed by atoms with E-state index in [9.17, 15) is 14.9 Å². The van der Waals surface area contributed by atoms with Crippen molar-refractivity contribution >= 4 is 31.6 Å². The summed E-state index contributed by atoms with van der Waals surface area (Å²) >= 11 is 0. The van der Waals surface area contributed by atoms with E-state index < -0.39 is 17.5 Å². The first-order chi connectivity index (χ1) is 22.8. The molecule has 47 heavy (non-hydrogen) atoms. The molecule has 3 heterocycles. The number of methoxy groups -OCH3 is 3. The number of aromatic nitrogens is 1. The van der Waals surface area contributed by atoms with E-state index in [-0.39, 0.29) is 29.2 Å². The Morgan fingerprint density at radius 2 is 1.74 bits per heavy atom. The average molecular weight is 648 g/mol. The van der Waals surface area contributed by atoms with Crippen LogP contribution in [0.1, 0.15) is 28.2 Å². The minimum atomic E-state index is -0.944. The van der Waals surface area contributed by atoms with Crippen LogP contribution in [-0.4, -0.2) is 32.2 Å². The second-order valence-corrected chi connectivity index (χ2v) is 11.4. The number of amides is 1. The number of nitriles is 1. The second kappa shape index (κ2) is 13.0. The van der Waals surface area contributed by atoms with Gasteiger partial charge in [-0.05, 0) is 66.1 Å². The molecule has 0 bridgehead atoms. The molecule has 6 rings (SSSR count). The number of carbonyl (C=O) groups excluding carboxylic acids is 1. The highest BCUT2D eigenvalue weighted by molar-refractivity contribution is 7.27. The van der Waals surface area contributed by atoms with Crippen LogP contribution in [0.3, 0.4) is 0 Å². The Bertz CT molecular complexity index is 2180. The molecule has 0 fully saturated rings. The fraction of sp³-hybridized carbons (Fsp3) is 0.167. The number of allylic oxidation sites excluding steroid dienone is 1. The number of ether oxygens (including phenoxy) is 4. The summed E-state index contributed by atoms with van der Waals surface area (Å²) in [5.74, 6) is 0.322. The predicted octanol–water partition coefficient (Wildman–Crippen LogP) is 5.31. The minimum absolute atomic E-state index is 0.0338. The molecule has 1 amide bonds. The van der Waals surface area contributed by atoms with Gasteiger partial charge in [-0.1, -0.05) is 33.5 Å². The maximum absolute atomic E-state index is 13.6. The number of hydrogen-bond donors (Lipinski definition) is 1. The third-order valence-corrected chi connectivity index (χ3v) is 8.60. The molecule has 2 unspecified atom stereocenters. The Hall–Kier alpha value is -5.65. The molecule has 2 atom stereocenters. The van der Waals surface area contributed by atoms with Crippen LogP contribution in [0.5, 0.6) is 23.0 Å². The molecule has 11 heteroatoms. The standard InChI is InChI=1S/C36H30N3O7P/c1-19-13-22(18-38-35(19)47)24-16-21(10-12-26(24)42-2)31-25(17-37)34(39-30(40)15-20-9-11-28(43-3)29(14-20)44-4)46-33-23-7-5-6-8-27(23)45-36(41)32(31)33/h5-14,16,18,31H,15,47H2,1-4H3,(H,39,40). The fourth-order valence-corrected chi connectivity index (χ4v) is 5.84. The van der Waals surface area contributed by atoms with E-state index in [2.05, 4.69) is 25.6 Å². The maximum Gasteiger partial charge on any atom is 0.344 e. The zero-order valence-corrected chi connectivity index (χ0v) is 27.2. The van der Waals surface area contributed by atoms with E-state index in [0.29, 0.717) is 44.9 Å². The Morgan fingerprint density at radius 1 is 1.00 bits per heavy atom. The lowest BCUT2D eigenvalue weighted by Crippen LogP contribution is -2.33. The molecule has 1 aliphatic heterocycles. The summed E-state index contributed by atoms with van der Waals surface area (Å²) < 4.78 is 28.3. The van der Waals surface area contributed by atoms with Crippen LogP contribution < -0.4 is 35.3 Å². The molecule has 2 aromatic heterocycles. The van der Waals surface area contributed by atoms with Crippen LogP contribution >= 0.6 is 9.24 Å². The summed E-state index contributed by atoms with van der Waals surface area (Å²) in [4.78, 5) is 31.6. The van der Waals surface area contributed by atoms with Crippen molar-refractivity contribution in [3.8, 4) is 40.2 Å². The summed E-state index contributed by atoms with van der Waals surface area (Å²) in [6, 6.07) is 21.7. The minimum Gasteiger partial charge on any atom is -0.496 e. The Kier molecular flexibility index (Phi) is 8.66. The number of nitrogens with zero attached hydrogens (tertiary/aromatic N) is 2. The molecular weight excluding hydrogens is 617 g/mol. The van der Waals surface area contributed by atoms with Crippen molar-refractivity contribution in [2.45, 2.75) is 19.3 Å². The molecule has 0 spiro atoms. The van der Waals surface area contributed by atoms with Crippen LogP contribution in [-0.2, 0) is 11.2 Å². The van der Waals surface area contributed by atoms with Gasteiger partial charge in [0, 0.05) is 17.3 Å². The highest BCUT2D eigenvalue weighted by atomic mass is 31.0.